The number of aryl methyl sites for hydroxylation is 2. The summed E-state index contributed by atoms with van der Waals surface area (Å²) in [5.41, 5.74) is 3.03. The summed E-state index contributed by atoms with van der Waals surface area (Å²) in [6, 6.07) is 5.72. The summed E-state index contributed by atoms with van der Waals surface area (Å²) in [6.45, 7) is 4.53. The van der Waals surface area contributed by atoms with E-state index >= 15 is 0 Å². The molecule has 0 aliphatic rings. The number of carbonyl (C=O) groups excluding carboxylic acids is 1. The van der Waals surface area contributed by atoms with Crippen LogP contribution in [0.2, 0.25) is 0 Å². The summed E-state index contributed by atoms with van der Waals surface area (Å²) in [4.78, 5) is 16.0. The third-order valence-electron chi connectivity index (χ3n) is 2.65. The van der Waals surface area contributed by atoms with Gasteiger partial charge in [0, 0.05) is 17.1 Å². The van der Waals surface area contributed by atoms with Crippen molar-refractivity contribution in [3.05, 3.63) is 51.5 Å². The molecule has 0 radical (unpaired) electrons. The van der Waals surface area contributed by atoms with Gasteiger partial charge in [0.15, 0.2) is 0 Å². The Balaban J connectivity index is 2.02. The van der Waals surface area contributed by atoms with Crippen molar-refractivity contribution < 1.29 is 4.79 Å². The van der Waals surface area contributed by atoms with E-state index in [-0.39, 0.29) is 5.91 Å². The van der Waals surface area contributed by atoms with E-state index in [1.54, 1.807) is 6.20 Å². The molecule has 1 aromatic carbocycles. The third kappa shape index (κ3) is 2.91. The molecule has 1 N–H and O–H groups in total. The third-order valence-corrected chi connectivity index (χ3v) is 3.43. The first kappa shape index (κ1) is 11.8. The van der Waals surface area contributed by atoms with Gasteiger partial charge in [0.05, 0.1) is 6.54 Å². The molecule has 0 unspecified atom stereocenters. The van der Waals surface area contributed by atoms with Gasteiger partial charge in [-0.2, -0.15) is 0 Å². The SMILES string of the molecule is Cc1ccc(C(=O)NCc2nccs2)cc1C. The van der Waals surface area contributed by atoms with E-state index in [0.29, 0.717) is 12.1 Å². The molecule has 0 atom stereocenters. The van der Waals surface area contributed by atoms with Gasteiger partial charge in [-0.3, -0.25) is 4.79 Å². The highest BCUT2D eigenvalue weighted by molar-refractivity contribution is 7.09. The normalized spacial score (nSPS) is 10.2. The Bertz CT molecular complexity index is 520. The van der Waals surface area contributed by atoms with Gasteiger partial charge in [-0.1, -0.05) is 6.07 Å². The van der Waals surface area contributed by atoms with Crippen LogP contribution in [0.1, 0.15) is 26.5 Å². The predicted molar refractivity (Wildman–Crippen MR) is 69.2 cm³/mol. The van der Waals surface area contributed by atoms with Gasteiger partial charge in [0.2, 0.25) is 0 Å². The van der Waals surface area contributed by atoms with Crippen LogP contribution in [0, 0.1) is 13.8 Å². The zero-order valence-corrected chi connectivity index (χ0v) is 10.7. The summed E-state index contributed by atoms with van der Waals surface area (Å²) >= 11 is 1.54. The minimum atomic E-state index is -0.0525. The number of carbonyl (C=O) groups is 1. The maximum absolute atomic E-state index is 11.9. The van der Waals surface area contributed by atoms with E-state index in [0.717, 1.165) is 10.6 Å². The lowest BCUT2D eigenvalue weighted by atomic mass is 10.1. The van der Waals surface area contributed by atoms with E-state index in [9.17, 15) is 4.79 Å². The first-order valence-electron chi connectivity index (χ1n) is 5.40. The lowest BCUT2D eigenvalue weighted by Crippen LogP contribution is -2.22. The molecule has 2 aromatic rings. The molecule has 3 nitrogen and oxygen atoms in total. The fraction of sp³-hybridized carbons (Fsp3) is 0.231. The van der Waals surface area contributed by atoms with Crippen LogP contribution in [-0.2, 0) is 6.54 Å². The summed E-state index contributed by atoms with van der Waals surface area (Å²) in [7, 11) is 0. The van der Waals surface area contributed by atoms with Gasteiger partial charge in [-0.15, -0.1) is 11.3 Å². The fourth-order valence-corrected chi connectivity index (χ4v) is 2.04. The Hall–Kier alpha value is -1.68. The summed E-state index contributed by atoms with van der Waals surface area (Å²) in [5.74, 6) is -0.0525. The molecule has 88 valence electrons. The van der Waals surface area contributed by atoms with Gasteiger partial charge in [-0.25, -0.2) is 4.98 Å². The topological polar surface area (TPSA) is 42.0 Å². The fourth-order valence-electron chi connectivity index (χ4n) is 1.48. The highest BCUT2D eigenvalue weighted by Gasteiger charge is 2.06. The minimum absolute atomic E-state index is 0.0525. The van der Waals surface area contributed by atoms with Crippen molar-refractivity contribution in [2.45, 2.75) is 20.4 Å². The molecule has 0 saturated heterocycles. The quantitative estimate of drug-likeness (QED) is 0.904. The van der Waals surface area contributed by atoms with Crippen molar-refractivity contribution >= 4 is 17.2 Å². The van der Waals surface area contributed by atoms with Gasteiger partial charge < -0.3 is 5.32 Å². The van der Waals surface area contributed by atoms with Crippen molar-refractivity contribution in [1.82, 2.24) is 10.3 Å². The molecule has 0 aliphatic carbocycles. The van der Waals surface area contributed by atoms with Crippen LogP contribution in [0.4, 0.5) is 0 Å². The minimum Gasteiger partial charge on any atom is -0.346 e. The first-order chi connectivity index (χ1) is 8.16. The number of nitrogens with zero attached hydrogens (tertiary/aromatic N) is 1. The van der Waals surface area contributed by atoms with Crippen LogP contribution < -0.4 is 5.32 Å². The largest absolute Gasteiger partial charge is 0.346 e. The summed E-state index contributed by atoms with van der Waals surface area (Å²) < 4.78 is 0. The molecule has 1 heterocycles. The van der Waals surface area contributed by atoms with Crippen LogP contribution in [-0.4, -0.2) is 10.9 Å². The number of nitrogens with one attached hydrogen (secondary N) is 1. The van der Waals surface area contributed by atoms with E-state index in [4.69, 9.17) is 0 Å². The molecular weight excluding hydrogens is 232 g/mol. The lowest BCUT2D eigenvalue weighted by molar-refractivity contribution is 0.0951. The van der Waals surface area contributed by atoms with Crippen LogP contribution in [0.15, 0.2) is 29.8 Å². The van der Waals surface area contributed by atoms with Gasteiger partial charge in [-0.05, 0) is 37.1 Å². The Labute approximate surface area is 105 Å². The second-order valence-corrected chi connectivity index (χ2v) is 4.89. The van der Waals surface area contributed by atoms with Gasteiger partial charge in [0.1, 0.15) is 5.01 Å². The molecule has 1 aromatic heterocycles. The van der Waals surface area contributed by atoms with Crippen molar-refractivity contribution in [3.63, 3.8) is 0 Å². The highest BCUT2D eigenvalue weighted by Crippen LogP contribution is 2.10. The van der Waals surface area contributed by atoms with E-state index in [1.807, 2.05) is 37.4 Å². The van der Waals surface area contributed by atoms with E-state index in [2.05, 4.69) is 10.3 Å². The maximum Gasteiger partial charge on any atom is 0.251 e. The van der Waals surface area contributed by atoms with E-state index in [1.165, 1.54) is 16.9 Å². The number of amides is 1. The molecule has 0 saturated carbocycles. The highest BCUT2D eigenvalue weighted by atomic mass is 32.1. The molecule has 1 amide bonds. The van der Waals surface area contributed by atoms with Gasteiger partial charge in [0.25, 0.3) is 5.91 Å². The molecule has 0 fully saturated rings. The number of benzene rings is 1. The van der Waals surface area contributed by atoms with Crippen molar-refractivity contribution in [1.29, 1.82) is 0 Å². The Morgan fingerprint density at radius 2 is 2.18 bits per heavy atom. The molecule has 0 bridgehead atoms. The molecule has 4 heteroatoms. The van der Waals surface area contributed by atoms with Crippen LogP contribution in [0.3, 0.4) is 0 Å². The van der Waals surface area contributed by atoms with Crippen LogP contribution in [0.5, 0.6) is 0 Å². The Morgan fingerprint density at radius 3 is 2.82 bits per heavy atom. The summed E-state index contributed by atoms with van der Waals surface area (Å²) in [6.07, 6.45) is 1.74. The standard InChI is InChI=1S/C13H14N2OS/c1-9-3-4-11(7-10(9)2)13(16)15-8-12-14-5-6-17-12/h3-7H,8H2,1-2H3,(H,15,16). The number of aromatic nitrogens is 1. The van der Waals surface area contributed by atoms with Crippen LogP contribution >= 0.6 is 11.3 Å². The molecule has 0 spiro atoms. The lowest BCUT2D eigenvalue weighted by Gasteiger charge is -2.05. The number of hydrogen-bond donors (Lipinski definition) is 1. The van der Waals surface area contributed by atoms with Crippen molar-refractivity contribution in [3.8, 4) is 0 Å². The first-order valence-corrected chi connectivity index (χ1v) is 6.28. The predicted octanol–water partition coefficient (Wildman–Crippen LogP) is 2.69. The van der Waals surface area contributed by atoms with Crippen molar-refractivity contribution in [2.24, 2.45) is 0 Å². The Morgan fingerprint density at radius 1 is 1.35 bits per heavy atom. The molecule has 2 rings (SSSR count). The number of thiazole rings is 1. The average molecular weight is 246 g/mol. The van der Waals surface area contributed by atoms with Crippen LogP contribution in [0.25, 0.3) is 0 Å². The van der Waals surface area contributed by atoms with Crippen molar-refractivity contribution in [2.75, 3.05) is 0 Å². The second kappa shape index (κ2) is 5.10. The second-order valence-electron chi connectivity index (χ2n) is 3.91. The molecule has 0 aliphatic heterocycles. The molecule has 17 heavy (non-hydrogen) atoms. The van der Waals surface area contributed by atoms with Gasteiger partial charge >= 0.3 is 0 Å². The average Bonchev–Trinajstić information content (AvgIpc) is 2.82. The Kier molecular flexibility index (Phi) is 3.54. The molecular formula is C13H14N2OS. The van der Waals surface area contributed by atoms with E-state index < -0.39 is 0 Å². The maximum atomic E-state index is 11.9. The zero-order valence-electron chi connectivity index (χ0n) is 9.86. The number of hydrogen-bond acceptors (Lipinski definition) is 3. The number of rotatable bonds is 3. The monoisotopic (exact) mass is 246 g/mol. The zero-order chi connectivity index (χ0) is 12.3. The smallest absolute Gasteiger partial charge is 0.251 e. The summed E-state index contributed by atoms with van der Waals surface area (Å²) in [5, 5.41) is 5.68.